The summed E-state index contributed by atoms with van der Waals surface area (Å²) in [5.41, 5.74) is 4.40. The Kier molecular flexibility index (Phi) is 5.87. The predicted octanol–water partition coefficient (Wildman–Crippen LogP) is 4.26. The molecule has 1 heterocycles. The number of amides is 1. The summed E-state index contributed by atoms with van der Waals surface area (Å²) in [6, 6.07) is 16.7. The van der Waals surface area contributed by atoms with Crippen molar-refractivity contribution in [2.75, 3.05) is 19.6 Å². The van der Waals surface area contributed by atoms with Crippen molar-refractivity contribution in [3.8, 4) is 0 Å². The van der Waals surface area contributed by atoms with E-state index < -0.39 is 0 Å². The SMILES string of the molecule is Cc1ccc([C@H](CNC(=O)c2cccc(C)c2)N2CCCCC2)cc1. The number of nitrogens with zero attached hydrogens (tertiary/aromatic N) is 1. The normalized spacial score (nSPS) is 16.4. The minimum absolute atomic E-state index is 0.0119. The minimum Gasteiger partial charge on any atom is -0.350 e. The van der Waals surface area contributed by atoms with Gasteiger partial charge in [0.05, 0.1) is 6.04 Å². The highest BCUT2D eigenvalue weighted by atomic mass is 16.1. The maximum Gasteiger partial charge on any atom is 0.251 e. The van der Waals surface area contributed by atoms with E-state index in [-0.39, 0.29) is 11.9 Å². The molecule has 1 amide bonds. The number of hydrogen-bond acceptors (Lipinski definition) is 2. The molecule has 25 heavy (non-hydrogen) atoms. The summed E-state index contributed by atoms with van der Waals surface area (Å²) in [7, 11) is 0. The number of benzene rings is 2. The average molecular weight is 336 g/mol. The van der Waals surface area contributed by atoms with E-state index in [9.17, 15) is 4.79 Å². The highest BCUT2D eigenvalue weighted by molar-refractivity contribution is 5.94. The van der Waals surface area contributed by atoms with Gasteiger partial charge in [-0.05, 0) is 57.5 Å². The van der Waals surface area contributed by atoms with Crippen molar-refractivity contribution in [1.29, 1.82) is 0 Å². The molecule has 2 aromatic carbocycles. The van der Waals surface area contributed by atoms with Crippen LogP contribution in [0.5, 0.6) is 0 Å². The van der Waals surface area contributed by atoms with Crippen LogP contribution in [0, 0.1) is 13.8 Å². The molecule has 3 rings (SSSR count). The monoisotopic (exact) mass is 336 g/mol. The van der Waals surface area contributed by atoms with Gasteiger partial charge in [0, 0.05) is 12.1 Å². The topological polar surface area (TPSA) is 32.3 Å². The van der Waals surface area contributed by atoms with Crippen LogP contribution < -0.4 is 5.32 Å². The molecular weight excluding hydrogens is 308 g/mol. The largest absolute Gasteiger partial charge is 0.350 e. The van der Waals surface area contributed by atoms with Crippen LogP contribution >= 0.6 is 0 Å². The Morgan fingerprint density at radius 1 is 1.00 bits per heavy atom. The van der Waals surface area contributed by atoms with E-state index in [1.807, 2.05) is 31.2 Å². The second-order valence-electron chi connectivity index (χ2n) is 7.10. The van der Waals surface area contributed by atoms with Gasteiger partial charge in [-0.25, -0.2) is 0 Å². The van der Waals surface area contributed by atoms with Gasteiger partial charge in [0.2, 0.25) is 0 Å². The van der Waals surface area contributed by atoms with E-state index in [4.69, 9.17) is 0 Å². The van der Waals surface area contributed by atoms with Crippen LogP contribution in [-0.2, 0) is 0 Å². The summed E-state index contributed by atoms with van der Waals surface area (Å²) in [6.45, 7) is 6.99. The maximum absolute atomic E-state index is 12.5. The second kappa shape index (κ2) is 8.30. The Labute approximate surface area is 151 Å². The van der Waals surface area contributed by atoms with Gasteiger partial charge in [0.15, 0.2) is 0 Å². The van der Waals surface area contributed by atoms with Gasteiger partial charge in [-0.3, -0.25) is 9.69 Å². The number of aryl methyl sites for hydroxylation is 2. The quantitative estimate of drug-likeness (QED) is 0.885. The molecule has 0 spiro atoms. The first-order valence-corrected chi connectivity index (χ1v) is 9.29. The molecule has 0 bridgehead atoms. The molecular formula is C22H28N2O. The second-order valence-corrected chi connectivity index (χ2v) is 7.10. The van der Waals surface area contributed by atoms with Crippen LogP contribution in [-0.4, -0.2) is 30.4 Å². The number of nitrogens with one attached hydrogen (secondary N) is 1. The number of carbonyl (C=O) groups is 1. The van der Waals surface area contributed by atoms with Gasteiger partial charge in [-0.15, -0.1) is 0 Å². The highest BCUT2D eigenvalue weighted by Gasteiger charge is 2.23. The first-order valence-electron chi connectivity index (χ1n) is 9.29. The zero-order chi connectivity index (χ0) is 17.6. The summed E-state index contributed by atoms with van der Waals surface area (Å²) in [6.07, 6.45) is 3.80. The molecule has 0 radical (unpaired) electrons. The van der Waals surface area contributed by atoms with Crippen molar-refractivity contribution in [2.24, 2.45) is 0 Å². The highest BCUT2D eigenvalue weighted by Crippen LogP contribution is 2.24. The molecule has 1 saturated heterocycles. The van der Waals surface area contributed by atoms with Crippen molar-refractivity contribution in [2.45, 2.75) is 39.2 Å². The van der Waals surface area contributed by atoms with Crippen LogP contribution in [0.2, 0.25) is 0 Å². The predicted molar refractivity (Wildman–Crippen MR) is 103 cm³/mol. The number of piperidine rings is 1. The van der Waals surface area contributed by atoms with Crippen molar-refractivity contribution in [3.63, 3.8) is 0 Å². The fourth-order valence-corrected chi connectivity index (χ4v) is 3.55. The smallest absolute Gasteiger partial charge is 0.251 e. The molecule has 2 aromatic rings. The lowest BCUT2D eigenvalue weighted by Gasteiger charge is -2.35. The van der Waals surface area contributed by atoms with Crippen molar-refractivity contribution >= 4 is 5.91 Å². The standard InChI is InChI=1S/C22H28N2O/c1-17-9-11-19(12-10-17)21(24-13-4-3-5-14-24)16-23-22(25)20-8-6-7-18(2)15-20/h6-12,15,21H,3-5,13-14,16H2,1-2H3,(H,23,25)/t21-/m0/s1. The van der Waals surface area contributed by atoms with Gasteiger partial charge >= 0.3 is 0 Å². The van der Waals surface area contributed by atoms with Gasteiger partial charge in [-0.2, -0.15) is 0 Å². The van der Waals surface area contributed by atoms with Crippen LogP contribution in [0.25, 0.3) is 0 Å². The van der Waals surface area contributed by atoms with E-state index >= 15 is 0 Å². The Bertz CT molecular complexity index is 702. The third-order valence-electron chi connectivity index (χ3n) is 5.03. The van der Waals surface area contributed by atoms with Crippen LogP contribution in [0.4, 0.5) is 0 Å². The molecule has 0 unspecified atom stereocenters. The molecule has 3 heteroatoms. The third-order valence-corrected chi connectivity index (χ3v) is 5.03. The Balaban J connectivity index is 1.73. The summed E-state index contributed by atoms with van der Waals surface area (Å²) in [5, 5.41) is 3.16. The zero-order valence-corrected chi connectivity index (χ0v) is 15.3. The summed E-state index contributed by atoms with van der Waals surface area (Å²) in [4.78, 5) is 15.1. The zero-order valence-electron chi connectivity index (χ0n) is 15.3. The van der Waals surface area contributed by atoms with Gasteiger partial charge < -0.3 is 5.32 Å². The number of hydrogen-bond donors (Lipinski definition) is 1. The van der Waals surface area contributed by atoms with E-state index in [0.717, 1.165) is 24.2 Å². The molecule has 0 saturated carbocycles. The molecule has 132 valence electrons. The van der Waals surface area contributed by atoms with Crippen LogP contribution in [0.1, 0.15) is 52.4 Å². The van der Waals surface area contributed by atoms with E-state index in [0.29, 0.717) is 6.54 Å². The van der Waals surface area contributed by atoms with Gasteiger partial charge in [-0.1, -0.05) is 53.9 Å². The molecule has 1 aliphatic heterocycles. The molecule has 0 aliphatic carbocycles. The fourth-order valence-electron chi connectivity index (χ4n) is 3.55. The molecule has 3 nitrogen and oxygen atoms in total. The Morgan fingerprint density at radius 3 is 2.40 bits per heavy atom. The van der Waals surface area contributed by atoms with Crippen molar-refractivity contribution in [3.05, 3.63) is 70.8 Å². The van der Waals surface area contributed by atoms with Crippen LogP contribution in [0.15, 0.2) is 48.5 Å². The number of likely N-dealkylation sites (tertiary alicyclic amines) is 1. The molecule has 0 aromatic heterocycles. The maximum atomic E-state index is 12.5. The first kappa shape index (κ1) is 17.7. The lowest BCUT2D eigenvalue weighted by molar-refractivity contribution is 0.0924. The van der Waals surface area contributed by atoms with Crippen molar-refractivity contribution in [1.82, 2.24) is 10.2 Å². The molecule has 1 fully saturated rings. The molecule has 1 N–H and O–H groups in total. The first-order chi connectivity index (χ1) is 12.1. The van der Waals surface area contributed by atoms with Crippen molar-refractivity contribution < 1.29 is 4.79 Å². The fraction of sp³-hybridized carbons (Fsp3) is 0.409. The van der Waals surface area contributed by atoms with E-state index in [2.05, 4.69) is 41.4 Å². The third kappa shape index (κ3) is 4.70. The van der Waals surface area contributed by atoms with E-state index in [1.54, 1.807) is 0 Å². The van der Waals surface area contributed by atoms with Gasteiger partial charge in [0.25, 0.3) is 5.91 Å². The van der Waals surface area contributed by atoms with Crippen LogP contribution in [0.3, 0.4) is 0 Å². The lowest BCUT2D eigenvalue weighted by Crippen LogP contribution is -2.40. The number of rotatable bonds is 5. The van der Waals surface area contributed by atoms with Gasteiger partial charge in [0.1, 0.15) is 0 Å². The number of carbonyl (C=O) groups excluding carboxylic acids is 1. The minimum atomic E-state index is 0.0119. The molecule has 1 atom stereocenters. The summed E-state index contributed by atoms with van der Waals surface area (Å²) in [5.74, 6) is 0.0119. The lowest BCUT2D eigenvalue weighted by atomic mass is 10.0. The Hall–Kier alpha value is -2.13. The van der Waals surface area contributed by atoms with E-state index in [1.165, 1.54) is 30.4 Å². The average Bonchev–Trinajstić information content (AvgIpc) is 2.64. The Morgan fingerprint density at radius 2 is 1.72 bits per heavy atom. The summed E-state index contributed by atoms with van der Waals surface area (Å²) < 4.78 is 0. The molecule has 1 aliphatic rings. The summed E-state index contributed by atoms with van der Waals surface area (Å²) >= 11 is 0.